The van der Waals surface area contributed by atoms with Crippen molar-refractivity contribution in [1.29, 1.82) is 0 Å². The van der Waals surface area contributed by atoms with Crippen molar-refractivity contribution in [1.82, 2.24) is 15.1 Å². The fourth-order valence-corrected chi connectivity index (χ4v) is 2.98. The molecule has 1 aliphatic heterocycles. The van der Waals surface area contributed by atoms with Crippen molar-refractivity contribution >= 4 is 11.8 Å². The third-order valence-electron chi connectivity index (χ3n) is 4.53. The van der Waals surface area contributed by atoms with E-state index in [0.29, 0.717) is 34.8 Å². The summed E-state index contributed by atoms with van der Waals surface area (Å²) >= 11 is 0. The number of nitrogens with two attached hydrogens (primary N) is 1. The molecule has 0 amide bonds. The van der Waals surface area contributed by atoms with Gasteiger partial charge in [0.2, 0.25) is 5.95 Å². The highest BCUT2D eigenvalue weighted by Crippen LogP contribution is 2.30. The van der Waals surface area contributed by atoms with Crippen LogP contribution >= 0.6 is 0 Å². The van der Waals surface area contributed by atoms with E-state index in [0.717, 1.165) is 37.4 Å². The molecule has 1 aliphatic rings. The molecular weight excluding hydrogens is 346 g/mol. The normalized spacial score (nSPS) is 14.9. The summed E-state index contributed by atoms with van der Waals surface area (Å²) in [6, 6.07) is 9.71. The Morgan fingerprint density at radius 2 is 1.96 bits per heavy atom. The molecule has 1 saturated heterocycles. The lowest BCUT2D eigenvalue weighted by molar-refractivity contribution is 0.0903. The number of benzene rings is 1. The summed E-state index contributed by atoms with van der Waals surface area (Å²) in [5.74, 6) is 2.17. The molecule has 0 radical (unpaired) electrons. The first-order valence-corrected chi connectivity index (χ1v) is 8.81. The largest absolute Gasteiger partial charge is 0.497 e. The molecule has 8 nitrogen and oxygen atoms in total. The maximum atomic E-state index is 6.12. The van der Waals surface area contributed by atoms with Gasteiger partial charge in [0.05, 0.1) is 12.7 Å². The highest BCUT2D eigenvalue weighted by atomic mass is 16.5. The zero-order chi connectivity index (χ0) is 18.6. The summed E-state index contributed by atoms with van der Waals surface area (Å²) in [6.07, 6.45) is 3.51. The van der Waals surface area contributed by atoms with Crippen LogP contribution in [-0.2, 0) is 4.74 Å². The van der Waals surface area contributed by atoms with Gasteiger partial charge in [0, 0.05) is 37.1 Å². The van der Waals surface area contributed by atoms with Crippen LogP contribution in [0.15, 0.2) is 41.1 Å². The lowest BCUT2D eigenvalue weighted by Gasteiger charge is -2.23. The molecule has 8 heteroatoms. The number of hydrogen-bond acceptors (Lipinski definition) is 8. The van der Waals surface area contributed by atoms with Gasteiger partial charge in [-0.3, -0.25) is 0 Å². The van der Waals surface area contributed by atoms with Gasteiger partial charge in [0.25, 0.3) is 0 Å². The molecule has 0 aliphatic carbocycles. The number of anilines is 2. The van der Waals surface area contributed by atoms with E-state index < -0.39 is 0 Å². The Labute approximate surface area is 156 Å². The lowest BCUT2D eigenvalue weighted by atomic mass is 10.1. The van der Waals surface area contributed by atoms with Gasteiger partial charge in [-0.15, -0.1) is 0 Å². The number of methoxy groups -OCH3 is 1. The minimum Gasteiger partial charge on any atom is -0.497 e. The molecule has 0 saturated carbocycles. The third kappa shape index (κ3) is 3.85. The van der Waals surface area contributed by atoms with Crippen molar-refractivity contribution in [2.45, 2.75) is 18.9 Å². The maximum Gasteiger partial charge on any atom is 0.224 e. The molecule has 1 aromatic carbocycles. The molecule has 4 rings (SSSR count). The second-order valence-electron chi connectivity index (χ2n) is 6.33. The standard InChI is InChI=1S/C19H21N5O3/c1-25-14-4-2-12(3-5-14)16-10-17(27-24-16)15-11-21-19(23-18(15)20)22-13-6-8-26-9-7-13/h2-5,10-11,13H,6-9H2,1H3,(H3,20,21,22,23). The maximum absolute atomic E-state index is 6.12. The molecule has 27 heavy (non-hydrogen) atoms. The molecular formula is C19H21N5O3. The Kier molecular flexibility index (Phi) is 4.88. The van der Waals surface area contributed by atoms with Gasteiger partial charge in [0.1, 0.15) is 17.3 Å². The topological polar surface area (TPSA) is 108 Å². The summed E-state index contributed by atoms with van der Waals surface area (Å²) in [7, 11) is 1.63. The zero-order valence-corrected chi connectivity index (χ0v) is 15.0. The summed E-state index contributed by atoms with van der Waals surface area (Å²) < 4.78 is 16.0. The van der Waals surface area contributed by atoms with Gasteiger partial charge in [-0.2, -0.15) is 4.98 Å². The van der Waals surface area contributed by atoms with E-state index >= 15 is 0 Å². The van der Waals surface area contributed by atoms with Crippen molar-refractivity contribution in [3.05, 3.63) is 36.5 Å². The Balaban J connectivity index is 1.52. The smallest absolute Gasteiger partial charge is 0.224 e. The number of nitrogen functional groups attached to an aromatic ring is 1. The molecule has 3 heterocycles. The van der Waals surface area contributed by atoms with Crippen LogP contribution in [0.1, 0.15) is 12.8 Å². The van der Waals surface area contributed by atoms with Gasteiger partial charge in [-0.05, 0) is 37.1 Å². The molecule has 3 N–H and O–H groups in total. The van der Waals surface area contributed by atoms with E-state index in [1.54, 1.807) is 13.3 Å². The summed E-state index contributed by atoms with van der Waals surface area (Å²) in [5.41, 5.74) is 8.36. The summed E-state index contributed by atoms with van der Waals surface area (Å²) in [4.78, 5) is 8.73. The first-order chi connectivity index (χ1) is 13.2. The molecule has 0 unspecified atom stereocenters. The Bertz CT molecular complexity index is 904. The second kappa shape index (κ2) is 7.63. The van der Waals surface area contributed by atoms with Crippen LogP contribution in [0.3, 0.4) is 0 Å². The minimum atomic E-state index is 0.302. The number of nitrogens with one attached hydrogen (secondary N) is 1. The minimum absolute atomic E-state index is 0.302. The van der Waals surface area contributed by atoms with E-state index in [1.807, 2.05) is 30.3 Å². The van der Waals surface area contributed by atoms with E-state index in [4.69, 9.17) is 19.7 Å². The average molecular weight is 367 g/mol. The fraction of sp³-hybridized carbons (Fsp3) is 0.316. The highest BCUT2D eigenvalue weighted by molar-refractivity contribution is 5.73. The number of rotatable bonds is 5. The lowest BCUT2D eigenvalue weighted by Crippen LogP contribution is -2.28. The zero-order valence-electron chi connectivity index (χ0n) is 15.0. The molecule has 2 aromatic heterocycles. The number of ether oxygens (including phenoxy) is 2. The average Bonchev–Trinajstić information content (AvgIpc) is 3.19. The van der Waals surface area contributed by atoms with E-state index in [9.17, 15) is 0 Å². The van der Waals surface area contributed by atoms with Crippen LogP contribution in [0.4, 0.5) is 11.8 Å². The van der Waals surface area contributed by atoms with Crippen LogP contribution in [0.2, 0.25) is 0 Å². The van der Waals surface area contributed by atoms with Crippen LogP contribution in [-0.4, -0.2) is 41.5 Å². The monoisotopic (exact) mass is 367 g/mol. The Morgan fingerprint density at radius 3 is 2.67 bits per heavy atom. The first kappa shape index (κ1) is 17.3. The Hall–Kier alpha value is -3.13. The van der Waals surface area contributed by atoms with Crippen molar-refractivity contribution < 1.29 is 14.0 Å². The predicted molar refractivity (Wildman–Crippen MR) is 101 cm³/mol. The van der Waals surface area contributed by atoms with Crippen molar-refractivity contribution in [3.63, 3.8) is 0 Å². The number of hydrogen-bond donors (Lipinski definition) is 2. The Morgan fingerprint density at radius 1 is 1.19 bits per heavy atom. The van der Waals surface area contributed by atoms with Crippen LogP contribution in [0.5, 0.6) is 5.75 Å². The molecule has 1 fully saturated rings. The second-order valence-corrected chi connectivity index (χ2v) is 6.33. The highest BCUT2D eigenvalue weighted by Gasteiger charge is 2.17. The van der Waals surface area contributed by atoms with Crippen molar-refractivity contribution in [2.75, 3.05) is 31.4 Å². The predicted octanol–water partition coefficient (Wildman–Crippen LogP) is 2.98. The van der Waals surface area contributed by atoms with Gasteiger partial charge in [-0.1, -0.05) is 5.16 Å². The van der Waals surface area contributed by atoms with Crippen LogP contribution in [0, 0.1) is 0 Å². The molecule has 3 aromatic rings. The number of nitrogens with zero attached hydrogens (tertiary/aromatic N) is 3. The van der Waals surface area contributed by atoms with Gasteiger partial charge in [0.15, 0.2) is 5.76 Å². The molecule has 0 bridgehead atoms. The van der Waals surface area contributed by atoms with Crippen molar-refractivity contribution in [3.8, 4) is 28.3 Å². The first-order valence-electron chi connectivity index (χ1n) is 8.81. The molecule has 140 valence electrons. The molecule has 0 spiro atoms. The van der Waals surface area contributed by atoms with E-state index in [-0.39, 0.29) is 0 Å². The summed E-state index contributed by atoms with van der Waals surface area (Å²) in [5, 5.41) is 7.42. The summed E-state index contributed by atoms with van der Waals surface area (Å²) in [6.45, 7) is 1.49. The quantitative estimate of drug-likeness (QED) is 0.708. The van der Waals surface area contributed by atoms with E-state index in [2.05, 4.69) is 20.4 Å². The van der Waals surface area contributed by atoms with Gasteiger partial charge in [-0.25, -0.2) is 4.98 Å². The van der Waals surface area contributed by atoms with Crippen LogP contribution < -0.4 is 15.8 Å². The fourth-order valence-electron chi connectivity index (χ4n) is 2.98. The molecule has 0 atom stereocenters. The number of aromatic nitrogens is 3. The van der Waals surface area contributed by atoms with E-state index in [1.165, 1.54) is 0 Å². The van der Waals surface area contributed by atoms with Gasteiger partial charge < -0.3 is 25.0 Å². The van der Waals surface area contributed by atoms with Crippen LogP contribution in [0.25, 0.3) is 22.6 Å². The third-order valence-corrected chi connectivity index (χ3v) is 4.53. The van der Waals surface area contributed by atoms with Crippen molar-refractivity contribution in [2.24, 2.45) is 0 Å². The SMILES string of the molecule is COc1ccc(-c2cc(-c3cnc(NC4CCOCC4)nc3N)on2)cc1. The van der Waals surface area contributed by atoms with Gasteiger partial charge >= 0.3 is 0 Å².